The van der Waals surface area contributed by atoms with E-state index in [2.05, 4.69) is 10.9 Å². The monoisotopic (exact) mass is 413 g/mol. The average molecular weight is 414 g/mol. The van der Waals surface area contributed by atoms with Crippen LogP contribution in [0.5, 0.6) is 11.5 Å². The Morgan fingerprint density at radius 3 is 1.93 bits per heavy atom. The Hall–Kier alpha value is -3.87. The molecule has 0 saturated heterocycles. The lowest BCUT2D eigenvalue weighted by Crippen LogP contribution is -2.12. The van der Waals surface area contributed by atoms with Gasteiger partial charge in [-0.2, -0.15) is 0 Å². The van der Waals surface area contributed by atoms with Crippen LogP contribution in [0.2, 0.25) is 5.02 Å². The molecule has 0 aliphatic heterocycles. The number of nitro groups is 3. The van der Waals surface area contributed by atoms with E-state index in [1.807, 2.05) is 0 Å². The highest BCUT2D eigenvalue weighted by atomic mass is 35.5. The van der Waals surface area contributed by atoms with E-state index in [1.165, 1.54) is 20.3 Å². The number of nitro benzene ring substituents is 3. The molecule has 2 rings (SSSR count). The fourth-order valence-electron chi connectivity index (χ4n) is 2.20. The van der Waals surface area contributed by atoms with Gasteiger partial charge in [0, 0.05) is 12.1 Å². The summed E-state index contributed by atoms with van der Waals surface area (Å²) in [7, 11) is 2.49. The Balaban J connectivity index is 2.45. The molecule has 0 aromatic heterocycles. The first-order valence-electron chi connectivity index (χ1n) is 7.24. The van der Waals surface area contributed by atoms with Crippen molar-refractivity contribution in [3.8, 4) is 11.5 Å². The molecule has 0 atom stereocenters. The maximum absolute atomic E-state index is 11.2. The Bertz CT molecular complexity index is 967. The summed E-state index contributed by atoms with van der Waals surface area (Å²) in [5.41, 5.74) is 3.35. The predicted molar refractivity (Wildman–Crippen MR) is 98.2 cm³/mol. The maximum atomic E-state index is 11.2. The molecule has 0 unspecified atom stereocenters. The van der Waals surface area contributed by atoms with Gasteiger partial charge >= 0.3 is 11.4 Å². The molecule has 0 saturated carbocycles. The van der Waals surface area contributed by atoms with E-state index in [0.717, 1.165) is 18.2 Å². The summed E-state index contributed by atoms with van der Waals surface area (Å²) < 4.78 is 10.0. The second-order valence-electron chi connectivity index (χ2n) is 5.07. The van der Waals surface area contributed by atoms with Crippen molar-refractivity contribution in [1.29, 1.82) is 0 Å². The molecular weight excluding hydrogens is 402 g/mol. The Labute approximate surface area is 161 Å². The van der Waals surface area contributed by atoms with Crippen LogP contribution in [0.25, 0.3) is 0 Å². The first-order chi connectivity index (χ1) is 13.2. The maximum Gasteiger partial charge on any atom is 0.314 e. The summed E-state index contributed by atoms with van der Waals surface area (Å²) in [4.78, 5) is 30.8. The number of benzene rings is 2. The Morgan fingerprint density at radius 2 is 1.43 bits per heavy atom. The zero-order valence-electron chi connectivity index (χ0n) is 14.3. The highest BCUT2D eigenvalue weighted by Crippen LogP contribution is 2.39. The van der Waals surface area contributed by atoms with Gasteiger partial charge in [0.1, 0.15) is 5.69 Å². The van der Waals surface area contributed by atoms with Crippen molar-refractivity contribution in [3.05, 3.63) is 59.6 Å². The number of hydrogen-bond acceptors (Lipinski definition) is 10. The molecule has 0 aliphatic carbocycles. The molecule has 2 N–H and O–H groups in total. The van der Waals surface area contributed by atoms with Gasteiger partial charge in [0.15, 0.2) is 17.2 Å². The van der Waals surface area contributed by atoms with Crippen molar-refractivity contribution in [1.82, 2.24) is 0 Å². The molecule has 0 fully saturated rings. The van der Waals surface area contributed by atoms with Crippen LogP contribution in [0.15, 0.2) is 24.3 Å². The molecule has 2 aromatic carbocycles. The minimum Gasteiger partial charge on any atom is -0.494 e. The first kappa shape index (κ1) is 20.4. The number of methoxy groups -OCH3 is 2. The summed E-state index contributed by atoms with van der Waals surface area (Å²) >= 11 is 5.93. The van der Waals surface area contributed by atoms with Gasteiger partial charge in [-0.1, -0.05) is 11.6 Å². The minimum atomic E-state index is -0.851. The van der Waals surface area contributed by atoms with E-state index < -0.39 is 26.1 Å². The molecule has 0 amide bonds. The van der Waals surface area contributed by atoms with Crippen molar-refractivity contribution in [2.45, 2.75) is 0 Å². The predicted octanol–water partition coefficient (Wildman–Crippen LogP) is 3.52. The number of hydrazine groups is 1. The third-order valence-electron chi connectivity index (χ3n) is 3.48. The van der Waals surface area contributed by atoms with Crippen molar-refractivity contribution in [3.63, 3.8) is 0 Å². The van der Waals surface area contributed by atoms with Gasteiger partial charge in [-0.15, -0.1) is 0 Å². The van der Waals surface area contributed by atoms with Crippen molar-refractivity contribution in [2.75, 3.05) is 25.1 Å². The zero-order chi connectivity index (χ0) is 21.0. The molecule has 0 bridgehead atoms. The van der Waals surface area contributed by atoms with Crippen LogP contribution in [-0.4, -0.2) is 29.0 Å². The molecule has 0 heterocycles. The van der Waals surface area contributed by atoms with Crippen molar-refractivity contribution < 1.29 is 24.2 Å². The normalized spacial score (nSPS) is 10.1. The molecular formula is C14H12ClN5O8. The zero-order valence-corrected chi connectivity index (χ0v) is 15.1. The molecule has 2 aromatic rings. The summed E-state index contributed by atoms with van der Waals surface area (Å²) in [6.07, 6.45) is 0. The van der Waals surface area contributed by atoms with Crippen LogP contribution in [0.4, 0.5) is 28.4 Å². The van der Waals surface area contributed by atoms with Crippen molar-refractivity contribution in [2.24, 2.45) is 0 Å². The average Bonchev–Trinajstić information content (AvgIpc) is 2.65. The Morgan fingerprint density at radius 1 is 0.821 bits per heavy atom. The van der Waals surface area contributed by atoms with E-state index >= 15 is 0 Å². The van der Waals surface area contributed by atoms with Gasteiger partial charge in [0.25, 0.3) is 5.69 Å². The topological polar surface area (TPSA) is 172 Å². The van der Waals surface area contributed by atoms with Gasteiger partial charge in [0.05, 0.1) is 46.1 Å². The van der Waals surface area contributed by atoms with Crippen LogP contribution in [0.3, 0.4) is 0 Å². The van der Waals surface area contributed by atoms with Crippen LogP contribution >= 0.6 is 11.6 Å². The lowest BCUT2D eigenvalue weighted by atomic mass is 10.2. The highest BCUT2D eigenvalue weighted by molar-refractivity contribution is 6.34. The largest absolute Gasteiger partial charge is 0.494 e. The van der Waals surface area contributed by atoms with Crippen molar-refractivity contribution >= 4 is 40.0 Å². The fraction of sp³-hybridized carbons (Fsp3) is 0.143. The van der Waals surface area contributed by atoms with Gasteiger partial charge in [-0.25, -0.2) is 0 Å². The van der Waals surface area contributed by atoms with Crippen LogP contribution < -0.4 is 20.3 Å². The minimum absolute atomic E-state index is 0.0284. The SMILES string of the molecule is COc1cc([N+](=O)[O-])c(OC)cc1NNc1c(Cl)cc([N+](=O)[O-])cc1[N+](=O)[O-]. The van der Waals surface area contributed by atoms with E-state index in [1.54, 1.807) is 0 Å². The lowest BCUT2D eigenvalue weighted by Gasteiger charge is -2.15. The molecule has 13 nitrogen and oxygen atoms in total. The van der Waals surface area contributed by atoms with Crippen LogP contribution in [0.1, 0.15) is 0 Å². The molecule has 28 heavy (non-hydrogen) atoms. The summed E-state index contributed by atoms with van der Waals surface area (Å²) in [6, 6.07) is 4.00. The smallest absolute Gasteiger partial charge is 0.314 e. The number of rotatable bonds is 8. The second kappa shape index (κ2) is 8.22. The number of halogens is 1. The van der Waals surface area contributed by atoms with Gasteiger partial charge in [0.2, 0.25) is 0 Å². The van der Waals surface area contributed by atoms with E-state index in [9.17, 15) is 30.3 Å². The quantitative estimate of drug-likeness (QED) is 0.481. The van der Waals surface area contributed by atoms with Gasteiger partial charge < -0.3 is 9.47 Å². The number of anilines is 2. The summed E-state index contributed by atoms with van der Waals surface area (Å²) in [5, 5.41) is 32.9. The molecule has 14 heteroatoms. The third-order valence-corrected chi connectivity index (χ3v) is 3.78. The van der Waals surface area contributed by atoms with E-state index in [-0.39, 0.29) is 33.6 Å². The number of hydrogen-bond donors (Lipinski definition) is 2. The lowest BCUT2D eigenvalue weighted by molar-refractivity contribution is -0.393. The van der Waals surface area contributed by atoms with E-state index in [0.29, 0.717) is 0 Å². The fourth-order valence-corrected chi connectivity index (χ4v) is 2.46. The van der Waals surface area contributed by atoms with Crippen LogP contribution in [-0.2, 0) is 0 Å². The summed E-state index contributed by atoms with van der Waals surface area (Å²) in [5.74, 6) is -0.0694. The number of nitrogens with one attached hydrogen (secondary N) is 2. The molecule has 0 spiro atoms. The highest BCUT2D eigenvalue weighted by Gasteiger charge is 2.25. The number of nitrogens with zero attached hydrogens (tertiary/aromatic N) is 3. The van der Waals surface area contributed by atoms with Crippen LogP contribution in [0, 0.1) is 30.3 Å². The number of ether oxygens (including phenoxy) is 2. The van der Waals surface area contributed by atoms with Gasteiger partial charge in [-0.05, 0) is 0 Å². The van der Waals surface area contributed by atoms with E-state index in [4.69, 9.17) is 21.1 Å². The molecule has 0 aliphatic rings. The standard InChI is InChI=1S/C14H12ClN5O8/c1-27-12-6-10(19(23)24)13(28-2)5-9(12)16-17-14-8(15)3-7(18(21)22)4-11(14)20(25)26/h3-6,16-17H,1-2H3. The van der Waals surface area contributed by atoms with Gasteiger partial charge in [-0.3, -0.25) is 41.2 Å². The summed E-state index contributed by atoms with van der Waals surface area (Å²) in [6.45, 7) is 0. The second-order valence-corrected chi connectivity index (χ2v) is 5.47. The third kappa shape index (κ3) is 4.09. The number of non-ortho nitro benzene ring substituents is 1. The molecule has 0 radical (unpaired) electrons. The first-order valence-corrected chi connectivity index (χ1v) is 7.62. The molecule has 148 valence electrons. The Kier molecular flexibility index (Phi) is 6.00.